The van der Waals surface area contributed by atoms with E-state index in [0.717, 1.165) is 16.6 Å². The molecule has 0 spiro atoms. The second-order valence-electron chi connectivity index (χ2n) is 17.1. The summed E-state index contributed by atoms with van der Waals surface area (Å²) in [6.45, 7) is 5.07. The van der Waals surface area contributed by atoms with Gasteiger partial charge in [-0.2, -0.15) is 0 Å². The molecule has 4 aliphatic rings. The molecule has 3 aromatic rings. The third-order valence-electron chi connectivity index (χ3n) is 11.1. The van der Waals surface area contributed by atoms with Crippen LogP contribution in [0.4, 0.5) is 10.5 Å². The molecule has 4 amide bonds. The molecule has 0 radical (unpaired) electrons. The highest BCUT2D eigenvalue weighted by Gasteiger charge is 2.62. The summed E-state index contributed by atoms with van der Waals surface area (Å²) >= 11 is 0. The average molecular weight is 847 g/mol. The van der Waals surface area contributed by atoms with Gasteiger partial charge in [0.05, 0.1) is 31.2 Å². The molecule has 60 heavy (non-hydrogen) atoms. The number of nitrogens with zero attached hydrogens (tertiary/aromatic N) is 3. The first-order valence-corrected chi connectivity index (χ1v) is 21.9. The number of nitrogens with one attached hydrogen (secondary N) is 3. The predicted octanol–water partition coefficient (Wildman–Crippen LogP) is 4.07. The average Bonchev–Trinajstić information content (AvgIpc) is 4.12. The number of allylic oxidation sites excluding steroid dienone is 1. The van der Waals surface area contributed by atoms with Crippen molar-refractivity contribution in [3.8, 4) is 22.9 Å². The number of ether oxygens (including phenoxy) is 4. The Morgan fingerprint density at radius 2 is 1.82 bits per heavy atom. The lowest BCUT2D eigenvalue weighted by Crippen LogP contribution is -2.59. The van der Waals surface area contributed by atoms with E-state index in [-0.39, 0.29) is 38.5 Å². The molecule has 16 nitrogen and oxygen atoms in total. The maximum atomic E-state index is 14.6. The molecule has 2 saturated carbocycles. The lowest BCUT2D eigenvalue weighted by molar-refractivity contribution is -0.142. The van der Waals surface area contributed by atoms with Gasteiger partial charge in [0.2, 0.25) is 27.7 Å². The summed E-state index contributed by atoms with van der Waals surface area (Å²) < 4.78 is 51.5. The Morgan fingerprint density at radius 1 is 1.07 bits per heavy atom. The molecule has 7 rings (SSSR count). The van der Waals surface area contributed by atoms with Gasteiger partial charge in [0.15, 0.2) is 0 Å². The molecule has 3 fully saturated rings. The van der Waals surface area contributed by atoms with Crippen LogP contribution in [-0.4, -0.2) is 118 Å². The first-order chi connectivity index (χ1) is 28.5. The molecule has 1 unspecified atom stereocenters. The van der Waals surface area contributed by atoms with Gasteiger partial charge in [-0.05, 0) is 107 Å². The molecular weight excluding hydrogens is 793 g/mol. The topological polar surface area (TPSA) is 195 Å². The van der Waals surface area contributed by atoms with Crippen molar-refractivity contribution >= 4 is 50.3 Å². The van der Waals surface area contributed by atoms with Crippen LogP contribution in [0.15, 0.2) is 60.7 Å². The van der Waals surface area contributed by atoms with E-state index in [1.54, 1.807) is 27.9 Å². The van der Waals surface area contributed by atoms with Crippen molar-refractivity contribution in [2.75, 3.05) is 45.9 Å². The number of carbonyl (C=O) groups excluding carboxylic acids is 4. The maximum absolute atomic E-state index is 14.6. The van der Waals surface area contributed by atoms with Crippen molar-refractivity contribution in [2.24, 2.45) is 5.92 Å². The highest BCUT2D eigenvalue weighted by Crippen LogP contribution is 2.46. The molecule has 2 aliphatic carbocycles. The van der Waals surface area contributed by atoms with Gasteiger partial charge in [-0.25, -0.2) is 18.2 Å². The lowest BCUT2D eigenvalue weighted by atomic mass is 10.1. The summed E-state index contributed by atoms with van der Waals surface area (Å²) in [5.41, 5.74) is -0.0262. The van der Waals surface area contributed by atoms with Crippen molar-refractivity contribution in [1.82, 2.24) is 25.2 Å². The van der Waals surface area contributed by atoms with Crippen LogP contribution in [-0.2, 0) is 33.9 Å². The van der Waals surface area contributed by atoms with Crippen molar-refractivity contribution in [3.63, 3.8) is 0 Å². The highest BCUT2D eigenvalue weighted by molar-refractivity contribution is 7.91. The summed E-state index contributed by atoms with van der Waals surface area (Å²) in [6, 6.07) is 12.9. The van der Waals surface area contributed by atoms with Gasteiger partial charge in [-0.15, -0.1) is 0 Å². The molecule has 2 aromatic carbocycles. The number of pyridine rings is 1. The predicted molar refractivity (Wildman–Crippen MR) is 224 cm³/mol. The lowest BCUT2D eigenvalue weighted by Gasteiger charge is -2.30. The zero-order valence-corrected chi connectivity index (χ0v) is 35.7. The van der Waals surface area contributed by atoms with Gasteiger partial charge < -0.3 is 39.4 Å². The molecule has 2 aliphatic heterocycles. The minimum absolute atomic E-state index is 0.0120. The fourth-order valence-corrected chi connectivity index (χ4v) is 8.94. The molecule has 17 heteroatoms. The van der Waals surface area contributed by atoms with E-state index < -0.39 is 74.3 Å². The van der Waals surface area contributed by atoms with Gasteiger partial charge in [-0.3, -0.25) is 19.1 Å². The second-order valence-corrected chi connectivity index (χ2v) is 19.1. The minimum atomic E-state index is -3.93. The Balaban J connectivity index is 1.24. The molecular formula is C43H54N6O10S. The number of fused-ring (bicyclic) bond motifs is 3. The van der Waals surface area contributed by atoms with Crippen LogP contribution < -0.4 is 29.7 Å². The van der Waals surface area contributed by atoms with Crippen LogP contribution in [0, 0.1) is 5.92 Å². The summed E-state index contributed by atoms with van der Waals surface area (Å²) in [5.74, 6) is -1.63. The van der Waals surface area contributed by atoms with Crippen molar-refractivity contribution < 1.29 is 46.5 Å². The van der Waals surface area contributed by atoms with Gasteiger partial charge in [0.25, 0.3) is 5.91 Å². The van der Waals surface area contributed by atoms with Crippen LogP contribution in [0.25, 0.3) is 22.0 Å². The number of alkyl carbamates (subject to hydrolysis) is 1. The standard InChI is InChI=1S/C43H54N6O10S/c1-42(2,3)59-41(53)45-35-25-57-19-9-7-8-10-28-23-43(28,40(52)47-60(54,55)32-16-17-32)46-37(50)36-22-31(24-49(36)39(35)51)58-38-33-18-13-29(48(4)5)20-27(33)21-34(44-38)26-11-14-30(56-6)15-12-26/h8,10-15,18,20-21,28,31-32,35-36H,7,9,16-17,19,22-25H2,1-6H3,(H,45,53)(H,46,50)(H,47,52)/t28-,31?,35+,36+,43-/m1/s1. The Kier molecular flexibility index (Phi) is 12.0. The van der Waals surface area contributed by atoms with Crippen LogP contribution in [0.2, 0.25) is 0 Å². The van der Waals surface area contributed by atoms with Crippen LogP contribution in [0.3, 0.4) is 0 Å². The summed E-state index contributed by atoms with van der Waals surface area (Å²) in [6.07, 6.45) is 4.26. The number of rotatable bonds is 9. The number of benzene rings is 2. The fraction of sp³-hybridized carbons (Fsp3) is 0.512. The Hall–Kier alpha value is -5.42. The van der Waals surface area contributed by atoms with Crippen molar-refractivity contribution in [2.45, 2.75) is 93.9 Å². The quantitative estimate of drug-likeness (QED) is 0.262. The smallest absolute Gasteiger partial charge is 0.408 e. The van der Waals surface area contributed by atoms with Gasteiger partial charge in [0.1, 0.15) is 35.1 Å². The van der Waals surface area contributed by atoms with E-state index in [1.165, 1.54) is 4.90 Å². The van der Waals surface area contributed by atoms with E-state index >= 15 is 0 Å². The van der Waals surface area contributed by atoms with Gasteiger partial charge >= 0.3 is 6.09 Å². The van der Waals surface area contributed by atoms with Crippen LogP contribution in [0.1, 0.15) is 59.3 Å². The monoisotopic (exact) mass is 846 g/mol. The maximum Gasteiger partial charge on any atom is 0.408 e. The minimum Gasteiger partial charge on any atom is -0.497 e. The Labute approximate surface area is 350 Å². The Bertz CT molecular complexity index is 2270. The van der Waals surface area contributed by atoms with Crippen molar-refractivity contribution in [1.29, 1.82) is 0 Å². The number of aromatic nitrogens is 1. The third kappa shape index (κ3) is 9.62. The zero-order valence-electron chi connectivity index (χ0n) is 34.9. The second kappa shape index (κ2) is 16.9. The normalized spacial score (nSPS) is 24.9. The van der Waals surface area contributed by atoms with Gasteiger partial charge in [-0.1, -0.05) is 12.2 Å². The van der Waals surface area contributed by atoms with E-state index in [4.69, 9.17) is 23.9 Å². The Morgan fingerprint density at radius 3 is 2.50 bits per heavy atom. The van der Waals surface area contributed by atoms with Crippen LogP contribution in [0.5, 0.6) is 11.6 Å². The van der Waals surface area contributed by atoms with Crippen molar-refractivity contribution in [3.05, 3.63) is 60.7 Å². The molecule has 3 N–H and O–H groups in total. The van der Waals surface area contributed by atoms with E-state index in [0.29, 0.717) is 42.5 Å². The number of methoxy groups -OCH3 is 1. The number of carbonyl (C=O) groups is 4. The third-order valence-corrected chi connectivity index (χ3v) is 12.9. The largest absolute Gasteiger partial charge is 0.497 e. The number of hydrogen-bond acceptors (Lipinski definition) is 12. The molecule has 1 aromatic heterocycles. The first kappa shape index (κ1) is 42.7. The summed E-state index contributed by atoms with van der Waals surface area (Å²) in [5, 5.41) is 6.42. The van der Waals surface area contributed by atoms with E-state index in [1.807, 2.05) is 79.7 Å². The van der Waals surface area contributed by atoms with E-state index in [2.05, 4.69) is 15.4 Å². The SMILES string of the molecule is COc1ccc(-c2cc3cc(N(C)C)ccc3c(OC3C[C@H]4C(=O)N[C@]5(C(=O)NS(=O)(=O)C6CC6)C[C@H]5C=CCCCOC[C@H](NC(=O)OC(C)(C)C)C(=O)N4C3)n2)cc1. The zero-order chi connectivity index (χ0) is 43.0. The number of sulfonamides is 1. The number of hydrogen-bond donors (Lipinski definition) is 3. The molecule has 5 atom stereocenters. The summed E-state index contributed by atoms with van der Waals surface area (Å²) in [4.78, 5) is 64.4. The molecule has 0 bridgehead atoms. The van der Waals surface area contributed by atoms with E-state index in [9.17, 15) is 27.6 Å². The van der Waals surface area contributed by atoms with Crippen LogP contribution >= 0.6 is 0 Å². The molecule has 3 heterocycles. The molecule has 322 valence electrons. The fourth-order valence-electron chi connectivity index (χ4n) is 7.58. The number of amides is 4. The highest BCUT2D eigenvalue weighted by atomic mass is 32.2. The summed E-state index contributed by atoms with van der Waals surface area (Å²) in [7, 11) is 1.56. The molecule has 1 saturated heterocycles. The van der Waals surface area contributed by atoms with Gasteiger partial charge in [0, 0.05) is 49.7 Å². The number of anilines is 1. The first-order valence-electron chi connectivity index (χ1n) is 20.3.